The van der Waals surface area contributed by atoms with E-state index < -0.39 is 28.7 Å². The fraction of sp³-hybridized carbons (Fsp3) is 0.409. The predicted octanol–water partition coefficient (Wildman–Crippen LogP) is 6.21. The van der Waals surface area contributed by atoms with Crippen molar-refractivity contribution in [1.82, 2.24) is 5.32 Å². The molecule has 3 atom stereocenters. The molecule has 1 aliphatic rings. The number of rotatable bonds is 5. The van der Waals surface area contributed by atoms with Crippen molar-refractivity contribution in [1.29, 1.82) is 0 Å². The molecule has 0 spiro atoms. The number of carbonyl (C=O) groups excluding carboxylic acids is 1. The molecule has 2 N–H and O–H groups in total. The zero-order chi connectivity index (χ0) is 21.0. The Labute approximate surface area is 173 Å². The lowest BCUT2D eigenvalue weighted by molar-refractivity contribution is -0.137. The Morgan fingerprint density at radius 2 is 1.79 bits per heavy atom. The highest BCUT2D eigenvalue weighted by atomic mass is 35.5. The van der Waals surface area contributed by atoms with Gasteiger partial charge in [-0.05, 0) is 42.5 Å². The van der Waals surface area contributed by atoms with Crippen molar-refractivity contribution in [3.05, 3.63) is 64.7 Å². The fourth-order valence-electron chi connectivity index (χ4n) is 3.78. The Morgan fingerprint density at radius 1 is 1.10 bits per heavy atom. The standard InChI is InChI=1S/C22H24ClF3N2O/c1-14-7-5-6-10-19(14)28-20(15-8-3-2-4-9-15)21(29)27-16-11-12-18(23)17(13-16)22(24,25)26/h2-4,8-9,11-14,19-20,28H,5-7,10H2,1H3,(H,27,29). The largest absolute Gasteiger partial charge is 0.417 e. The first kappa shape index (κ1) is 21.7. The van der Waals surface area contributed by atoms with E-state index >= 15 is 0 Å². The first-order chi connectivity index (χ1) is 13.8. The molecule has 156 valence electrons. The first-order valence-electron chi connectivity index (χ1n) is 9.74. The molecule has 29 heavy (non-hydrogen) atoms. The van der Waals surface area contributed by atoms with E-state index in [-0.39, 0.29) is 11.7 Å². The molecular weight excluding hydrogens is 401 g/mol. The van der Waals surface area contributed by atoms with Crippen molar-refractivity contribution in [3.8, 4) is 0 Å². The van der Waals surface area contributed by atoms with Gasteiger partial charge in [0.05, 0.1) is 10.6 Å². The highest BCUT2D eigenvalue weighted by molar-refractivity contribution is 6.31. The average molecular weight is 425 g/mol. The summed E-state index contributed by atoms with van der Waals surface area (Å²) in [7, 11) is 0. The van der Waals surface area contributed by atoms with Gasteiger partial charge in [-0.15, -0.1) is 0 Å². The monoisotopic (exact) mass is 424 g/mol. The second-order valence-electron chi connectivity index (χ2n) is 7.56. The zero-order valence-corrected chi connectivity index (χ0v) is 16.9. The van der Waals surface area contributed by atoms with Crippen molar-refractivity contribution < 1.29 is 18.0 Å². The second kappa shape index (κ2) is 9.18. The second-order valence-corrected chi connectivity index (χ2v) is 7.97. The molecule has 0 radical (unpaired) electrons. The summed E-state index contributed by atoms with van der Waals surface area (Å²) in [6, 6.07) is 12.1. The normalized spacial score (nSPS) is 20.9. The number of nitrogens with one attached hydrogen (secondary N) is 2. The van der Waals surface area contributed by atoms with Gasteiger partial charge in [0.1, 0.15) is 6.04 Å². The average Bonchev–Trinajstić information content (AvgIpc) is 2.68. The van der Waals surface area contributed by atoms with Gasteiger partial charge in [-0.25, -0.2) is 0 Å². The van der Waals surface area contributed by atoms with Gasteiger partial charge in [-0.2, -0.15) is 13.2 Å². The van der Waals surface area contributed by atoms with Crippen LogP contribution in [0.2, 0.25) is 5.02 Å². The van der Waals surface area contributed by atoms with Gasteiger partial charge in [0.25, 0.3) is 0 Å². The molecule has 3 unspecified atom stereocenters. The van der Waals surface area contributed by atoms with Crippen molar-refractivity contribution in [3.63, 3.8) is 0 Å². The maximum atomic E-state index is 13.1. The van der Waals surface area contributed by atoms with E-state index in [0.29, 0.717) is 5.92 Å². The summed E-state index contributed by atoms with van der Waals surface area (Å²) in [6.45, 7) is 2.16. The van der Waals surface area contributed by atoms with Crippen LogP contribution >= 0.6 is 11.6 Å². The summed E-state index contributed by atoms with van der Waals surface area (Å²) in [4.78, 5) is 13.1. The Balaban J connectivity index is 1.83. The van der Waals surface area contributed by atoms with Crippen molar-refractivity contribution in [2.45, 2.75) is 50.9 Å². The van der Waals surface area contributed by atoms with Crippen molar-refractivity contribution in [2.75, 3.05) is 5.32 Å². The van der Waals surface area contributed by atoms with Crippen LogP contribution in [-0.2, 0) is 11.0 Å². The van der Waals surface area contributed by atoms with Gasteiger partial charge in [-0.1, -0.05) is 61.7 Å². The van der Waals surface area contributed by atoms with Crippen LogP contribution in [0.15, 0.2) is 48.5 Å². The van der Waals surface area contributed by atoms with Crippen LogP contribution < -0.4 is 10.6 Å². The van der Waals surface area contributed by atoms with E-state index in [2.05, 4.69) is 17.6 Å². The molecule has 0 aliphatic heterocycles. The minimum absolute atomic E-state index is 0.0612. The highest BCUT2D eigenvalue weighted by Crippen LogP contribution is 2.36. The number of benzene rings is 2. The van der Waals surface area contributed by atoms with E-state index in [9.17, 15) is 18.0 Å². The van der Waals surface area contributed by atoms with Gasteiger partial charge in [0.15, 0.2) is 0 Å². The summed E-state index contributed by atoms with van der Waals surface area (Å²) in [6.07, 6.45) is -0.264. The van der Waals surface area contributed by atoms with Crippen LogP contribution in [0, 0.1) is 5.92 Å². The smallest absolute Gasteiger partial charge is 0.324 e. The Hall–Kier alpha value is -2.05. The van der Waals surface area contributed by atoms with E-state index in [1.807, 2.05) is 30.3 Å². The molecule has 2 aromatic carbocycles. The third kappa shape index (κ3) is 5.52. The number of hydrogen-bond donors (Lipinski definition) is 2. The molecule has 0 bridgehead atoms. The van der Waals surface area contributed by atoms with Gasteiger partial charge in [0.2, 0.25) is 5.91 Å². The minimum Gasteiger partial charge on any atom is -0.324 e. The third-order valence-corrected chi connectivity index (χ3v) is 5.76. The van der Waals surface area contributed by atoms with Gasteiger partial charge in [0, 0.05) is 11.7 Å². The number of halogens is 4. The summed E-state index contributed by atoms with van der Waals surface area (Å²) in [5.41, 5.74) is -0.138. The molecule has 0 aromatic heterocycles. The fourth-order valence-corrected chi connectivity index (χ4v) is 4.01. The maximum absolute atomic E-state index is 13.1. The number of amides is 1. The highest BCUT2D eigenvalue weighted by Gasteiger charge is 2.34. The molecule has 0 saturated heterocycles. The van der Waals surface area contributed by atoms with Crippen LogP contribution in [0.5, 0.6) is 0 Å². The topological polar surface area (TPSA) is 41.1 Å². The number of carbonyl (C=O) groups is 1. The lowest BCUT2D eigenvalue weighted by Gasteiger charge is -2.33. The van der Waals surface area contributed by atoms with E-state index in [1.165, 1.54) is 12.5 Å². The molecule has 3 rings (SSSR count). The van der Waals surface area contributed by atoms with Gasteiger partial charge < -0.3 is 5.32 Å². The van der Waals surface area contributed by atoms with E-state index in [1.54, 1.807) is 0 Å². The molecule has 3 nitrogen and oxygen atoms in total. The summed E-state index contributed by atoms with van der Waals surface area (Å²) in [5.74, 6) is 0.0274. The molecule has 1 fully saturated rings. The van der Waals surface area contributed by atoms with Crippen molar-refractivity contribution >= 4 is 23.2 Å². The molecule has 1 amide bonds. The zero-order valence-electron chi connectivity index (χ0n) is 16.1. The molecular formula is C22H24ClF3N2O. The first-order valence-corrected chi connectivity index (χ1v) is 10.1. The van der Waals surface area contributed by atoms with Crippen LogP contribution in [-0.4, -0.2) is 11.9 Å². The summed E-state index contributed by atoms with van der Waals surface area (Å²) < 4.78 is 39.4. The van der Waals surface area contributed by atoms with E-state index in [0.717, 1.165) is 37.0 Å². The SMILES string of the molecule is CC1CCCCC1NC(C(=O)Nc1ccc(Cl)c(C(F)(F)F)c1)c1ccccc1. The van der Waals surface area contributed by atoms with Crippen LogP contribution in [0.4, 0.5) is 18.9 Å². The predicted molar refractivity (Wildman–Crippen MR) is 109 cm³/mol. The van der Waals surface area contributed by atoms with Crippen LogP contribution in [0.1, 0.15) is 49.8 Å². The quantitative estimate of drug-likeness (QED) is 0.599. The van der Waals surface area contributed by atoms with Crippen LogP contribution in [0.3, 0.4) is 0 Å². The molecule has 0 heterocycles. The Bertz CT molecular complexity index is 842. The molecule has 1 saturated carbocycles. The van der Waals surface area contributed by atoms with Crippen molar-refractivity contribution in [2.24, 2.45) is 5.92 Å². The summed E-state index contributed by atoms with van der Waals surface area (Å²) in [5, 5.41) is 5.66. The molecule has 7 heteroatoms. The lowest BCUT2D eigenvalue weighted by atomic mass is 9.85. The lowest BCUT2D eigenvalue weighted by Crippen LogP contribution is -2.44. The van der Waals surface area contributed by atoms with Gasteiger partial charge >= 0.3 is 6.18 Å². The number of hydrogen-bond acceptors (Lipinski definition) is 2. The number of alkyl halides is 3. The van der Waals surface area contributed by atoms with Gasteiger partial charge in [-0.3, -0.25) is 10.1 Å². The Kier molecular flexibility index (Phi) is 6.85. The molecule has 2 aromatic rings. The van der Waals surface area contributed by atoms with E-state index in [4.69, 9.17) is 11.6 Å². The van der Waals surface area contributed by atoms with Crippen LogP contribution in [0.25, 0.3) is 0 Å². The Morgan fingerprint density at radius 3 is 2.45 bits per heavy atom. The minimum atomic E-state index is -4.59. The number of anilines is 1. The summed E-state index contributed by atoms with van der Waals surface area (Å²) >= 11 is 5.68. The molecule has 1 aliphatic carbocycles. The third-order valence-electron chi connectivity index (χ3n) is 5.43. The maximum Gasteiger partial charge on any atom is 0.417 e.